The molecule has 1 aromatic heterocycles. The van der Waals surface area contributed by atoms with E-state index in [1.807, 2.05) is 20.8 Å². The quantitative estimate of drug-likeness (QED) is 0.776. The van der Waals surface area contributed by atoms with Gasteiger partial charge in [0.05, 0.1) is 23.5 Å². The molecular formula is C10H13BrN2O2. The minimum atomic E-state index is -0.483. The standard InChI is InChI=1S/C10H13BrN2O2/c1-10(2,3)9(14)15-6-7-4-13-8(11)5-12-7/h4-5H,6H2,1-3H3. The smallest absolute Gasteiger partial charge is 0.311 e. The zero-order chi connectivity index (χ0) is 11.5. The summed E-state index contributed by atoms with van der Waals surface area (Å²) in [5, 5.41) is 0. The minimum absolute atomic E-state index is 0.163. The number of ether oxygens (including phenoxy) is 1. The first kappa shape index (κ1) is 12.1. The van der Waals surface area contributed by atoms with Crippen LogP contribution in [0.4, 0.5) is 0 Å². The van der Waals surface area contributed by atoms with Crippen molar-refractivity contribution in [2.45, 2.75) is 27.4 Å². The molecule has 0 saturated heterocycles. The summed E-state index contributed by atoms with van der Waals surface area (Å²) in [6, 6.07) is 0. The van der Waals surface area contributed by atoms with Crippen LogP contribution < -0.4 is 0 Å². The number of halogens is 1. The van der Waals surface area contributed by atoms with Gasteiger partial charge < -0.3 is 4.74 Å². The molecule has 0 aliphatic heterocycles. The highest BCUT2D eigenvalue weighted by Gasteiger charge is 2.22. The summed E-state index contributed by atoms with van der Waals surface area (Å²) in [7, 11) is 0. The van der Waals surface area contributed by atoms with Crippen LogP contribution in [-0.4, -0.2) is 15.9 Å². The molecule has 0 aromatic carbocycles. The van der Waals surface area contributed by atoms with Crippen molar-refractivity contribution in [1.29, 1.82) is 0 Å². The van der Waals surface area contributed by atoms with Gasteiger partial charge in [-0.2, -0.15) is 0 Å². The fourth-order valence-electron chi connectivity index (χ4n) is 0.770. The van der Waals surface area contributed by atoms with E-state index in [1.165, 1.54) is 0 Å². The average molecular weight is 273 g/mol. The van der Waals surface area contributed by atoms with Crippen LogP contribution >= 0.6 is 15.9 Å². The molecule has 15 heavy (non-hydrogen) atoms. The van der Waals surface area contributed by atoms with Gasteiger partial charge in [0.25, 0.3) is 0 Å². The molecule has 0 amide bonds. The number of hydrogen-bond donors (Lipinski definition) is 0. The Morgan fingerprint density at radius 3 is 2.53 bits per heavy atom. The molecular weight excluding hydrogens is 260 g/mol. The molecule has 4 nitrogen and oxygen atoms in total. The second-order valence-corrected chi connectivity index (χ2v) is 4.97. The normalized spacial score (nSPS) is 11.2. The maximum Gasteiger partial charge on any atom is 0.311 e. The topological polar surface area (TPSA) is 52.1 Å². The van der Waals surface area contributed by atoms with E-state index in [1.54, 1.807) is 12.4 Å². The van der Waals surface area contributed by atoms with E-state index in [0.717, 1.165) is 0 Å². The van der Waals surface area contributed by atoms with E-state index < -0.39 is 5.41 Å². The van der Waals surface area contributed by atoms with Crippen LogP contribution in [0, 0.1) is 5.41 Å². The molecule has 0 unspecified atom stereocenters. The van der Waals surface area contributed by atoms with Gasteiger partial charge in [-0.15, -0.1) is 0 Å². The molecule has 1 heterocycles. The Bertz CT molecular complexity index is 343. The summed E-state index contributed by atoms with van der Waals surface area (Å²) < 4.78 is 5.74. The summed E-state index contributed by atoms with van der Waals surface area (Å²) in [6.07, 6.45) is 3.14. The van der Waals surface area contributed by atoms with Crippen LogP contribution in [0.3, 0.4) is 0 Å². The van der Waals surface area contributed by atoms with Gasteiger partial charge in [0.2, 0.25) is 0 Å². The number of esters is 1. The molecule has 0 spiro atoms. The molecule has 0 fully saturated rings. The Kier molecular flexibility index (Phi) is 3.79. The van der Waals surface area contributed by atoms with Gasteiger partial charge in [-0.1, -0.05) is 0 Å². The summed E-state index contributed by atoms with van der Waals surface area (Å²) in [5.74, 6) is -0.243. The maximum absolute atomic E-state index is 11.4. The molecule has 1 rings (SSSR count). The van der Waals surface area contributed by atoms with Gasteiger partial charge in [0.15, 0.2) is 0 Å². The van der Waals surface area contributed by atoms with Gasteiger partial charge >= 0.3 is 5.97 Å². The number of carbonyl (C=O) groups excluding carboxylic acids is 1. The zero-order valence-corrected chi connectivity index (χ0v) is 10.5. The van der Waals surface area contributed by atoms with Crippen LogP contribution in [0.5, 0.6) is 0 Å². The van der Waals surface area contributed by atoms with Gasteiger partial charge in [-0.3, -0.25) is 9.78 Å². The number of rotatable bonds is 2. The van der Waals surface area contributed by atoms with Crippen molar-refractivity contribution in [2.75, 3.05) is 0 Å². The van der Waals surface area contributed by atoms with Crippen LogP contribution in [0.1, 0.15) is 26.5 Å². The molecule has 0 atom stereocenters. The minimum Gasteiger partial charge on any atom is -0.459 e. The molecule has 1 aromatic rings. The summed E-state index contributed by atoms with van der Waals surface area (Å²) in [4.78, 5) is 19.5. The molecule has 0 aliphatic carbocycles. The molecule has 0 saturated carbocycles. The summed E-state index contributed by atoms with van der Waals surface area (Å²) >= 11 is 3.18. The Morgan fingerprint density at radius 1 is 1.40 bits per heavy atom. The summed E-state index contributed by atoms with van der Waals surface area (Å²) in [6.45, 7) is 5.59. The number of hydrogen-bond acceptors (Lipinski definition) is 4. The highest BCUT2D eigenvalue weighted by molar-refractivity contribution is 9.10. The lowest BCUT2D eigenvalue weighted by atomic mass is 9.97. The monoisotopic (exact) mass is 272 g/mol. The van der Waals surface area contributed by atoms with Gasteiger partial charge in [-0.05, 0) is 36.7 Å². The van der Waals surface area contributed by atoms with E-state index in [4.69, 9.17) is 4.74 Å². The van der Waals surface area contributed by atoms with Crippen molar-refractivity contribution in [1.82, 2.24) is 9.97 Å². The van der Waals surface area contributed by atoms with Crippen molar-refractivity contribution >= 4 is 21.9 Å². The van der Waals surface area contributed by atoms with Crippen LogP contribution in [-0.2, 0) is 16.1 Å². The molecule has 82 valence electrons. The van der Waals surface area contributed by atoms with Gasteiger partial charge in [0.1, 0.15) is 11.2 Å². The molecule has 0 aliphatic rings. The Hall–Kier alpha value is -0.970. The third kappa shape index (κ3) is 3.95. The van der Waals surface area contributed by atoms with E-state index in [0.29, 0.717) is 10.3 Å². The third-order valence-corrected chi connectivity index (χ3v) is 2.05. The van der Waals surface area contributed by atoms with E-state index >= 15 is 0 Å². The molecule has 5 heteroatoms. The highest BCUT2D eigenvalue weighted by Crippen LogP contribution is 2.16. The van der Waals surface area contributed by atoms with E-state index in [-0.39, 0.29) is 12.6 Å². The van der Waals surface area contributed by atoms with Gasteiger partial charge in [0, 0.05) is 0 Å². The maximum atomic E-state index is 11.4. The van der Waals surface area contributed by atoms with Crippen LogP contribution in [0.2, 0.25) is 0 Å². The largest absolute Gasteiger partial charge is 0.459 e. The first-order valence-corrected chi connectivity index (χ1v) is 5.32. The fraction of sp³-hybridized carbons (Fsp3) is 0.500. The third-order valence-electron chi connectivity index (χ3n) is 1.64. The number of carbonyl (C=O) groups is 1. The van der Waals surface area contributed by atoms with Crippen molar-refractivity contribution < 1.29 is 9.53 Å². The lowest BCUT2D eigenvalue weighted by Gasteiger charge is -2.16. The molecule has 0 N–H and O–H groups in total. The predicted octanol–water partition coefficient (Wildman–Crippen LogP) is 2.33. The second-order valence-electron chi connectivity index (χ2n) is 4.16. The van der Waals surface area contributed by atoms with Crippen molar-refractivity contribution in [3.05, 3.63) is 22.7 Å². The summed E-state index contributed by atoms with van der Waals surface area (Å²) in [5.41, 5.74) is 0.152. The second kappa shape index (κ2) is 4.70. The average Bonchev–Trinajstić information content (AvgIpc) is 2.15. The van der Waals surface area contributed by atoms with Crippen molar-refractivity contribution in [3.8, 4) is 0 Å². The van der Waals surface area contributed by atoms with Gasteiger partial charge in [-0.25, -0.2) is 4.98 Å². The van der Waals surface area contributed by atoms with E-state index in [2.05, 4.69) is 25.9 Å². The lowest BCUT2D eigenvalue weighted by molar-refractivity contribution is -0.154. The fourth-order valence-corrected chi connectivity index (χ4v) is 0.974. The van der Waals surface area contributed by atoms with E-state index in [9.17, 15) is 4.79 Å². The SMILES string of the molecule is CC(C)(C)C(=O)OCc1cnc(Br)cn1. The predicted molar refractivity (Wildman–Crippen MR) is 59.0 cm³/mol. The number of nitrogens with zero attached hydrogens (tertiary/aromatic N) is 2. The molecule has 0 bridgehead atoms. The van der Waals surface area contributed by atoms with Crippen molar-refractivity contribution in [2.24, 2.45) is 5.41 Å². The van der Waals surface area contributed by atoms with Crippen molar-refractivity contribution in [3.63, 3.8) is 0 Å². The first-order chi connectivity index (χ1) is 6.89. The van der Waals surface area contributed by atoms with Crippen LogP contribution in [0.25, 0.3) is 0 Å². The van der Waals surface area contributed by atoms with Crippen LogP contribution in [0.15, 0.2) is 17.0 Å². The first-order valence-electron chi connectivity index (χ1n) is 4.53. The number of aromatic nitrogens is 2. The highest BCUT2D eigenvalue weighted by atomic mass is 79.9. The Morgan fingerprint density at radius 2 is 2.07 bits per heavy atom. The lowest BCUT2D eigenvalue weighted by Crippen LogP contribution is -2.22. The Labute approximate surface area is 97.2 Å². The Balaban J connectivity index is 2.51. The molecule has 0 radical (unpaired) electrons. The zero-order valence-electron chi connectivity index (χ0n) is 8.95.